The van der Waals surface area contributed by atoms with Crippen molar-refractivity contribution in [3.8, 4) is 0 Å². The summed E-state index contributed by atoms with van der Waals surface area (Å²) in [6, 6.07) is 0. The van der Waals surface area contributed by atoms with Crippen molar-refractivity contribution < 1.29 is 9.90 Å². The maximum atomic E-state index is 11.5. The van der Waals surface area contributed by atoms with Crippen molar-refractivity contribution >= 4 is 5.91 Å². The summed E-state index contributed by atoms with van der Waals surface area (Å²) in [7, 11) is 1.70. The zero-order valence-electron chi connectivity index (χ0n) is 7.36. The Kier molecular flexibility index (Phi) is 1.83. The molecule has 2 fully saturated rings. The van der Waals surface area contributed by atoms with Gasteiger partial charge in [0.1, 0.15) is 6.23 Å². The Morgan fingerprint density at radius 2 is 2.08 bits per heavy atom. The number of carbonyl (C=O) groups is 1. The summed E-state index contributed by atoms with van der Waals surface area (Å²) in [6.07, 6.45) is 3.79. The van der Waals surface area contributed by atoms with Gasteiger partial charge < -0.3 is 10.0 Å². The summed E-state index contributed by atoms with van der Waals surface area (Å²) in [5.41, 5.74) is 0. The first-order chi connectivity index (χ1) is 5.72. The molecule has 3 heteroatoms. The summed E-state index contributed by atoms with van der Waals surface area (Å²) in [6.45, 7) is 0. The van der Waals surface area contributed by atoms with Gasteiger partial charge in [0.05, 0.1) is 0 Å². The largest absolute Gasteiger partial charge is 0.373 e. The number of likely N-dealkylation sites (tertiary alicyclic amines) is 1. The van der Waals surface area contributed by atoms with E-state index in [-0.39, 0.29) is 17.7 Å². The first-order valence-electron chi connectivity index (χ1n) is 4.66. The number of carbonyl (C=O) groups excluding carboxylic acids is 1. The van der Waals surface area contributed by atoms with E-state index in [0.717, 1.165) is 19.3 Å². The quantitative estimate of drug-likeness (QED) is 0.576. The van der Waals surface area contributed by atoms with E-state index in [1.54, 1.807) is 7.05 Å². The minimum atomic E-state index is -0.511. The molecule has 3 nitrogen and oxygen atoms in total. The molecule has 2 aliphatic rings. The molecular formula is C9H15NO2. The van der Waals surface area contributed by atoms with Gasteiger partial charge in [0.25, 0.3) is 0 Å². The molecule has 1 aliphatic carbocycles. The molecule has 0 bridgehead atoms. The molecule has 0 aromatic heterocycles. The van der Waals surface area contributed by atoms with Crippen LogP contribution >= 0.6 is 0 Å². The van der Waals surface area contributed by atoms with Gasteiger partial charge in [-0.15, -0.1) is 0 Å². The number of hydrogen-bond acceptors (Lipinski definition) is 2. The molecular weight excluding hydrogens is 154 g/mol. The standard InChI is InChI=1S/C9H15NO2/c1-10-8(11)6-4-2-3-5-7(6)9(10)12/h6-8,11H,2-5H2,1H3/t6-,7+,8?/m0/s1. The van der Waals surface area contributed by atoms with Gasteiger partial charge in [0.2, 0.25) is 5.91 Å². The number of aliphatic hydroxyl groups is 1. The second kappa shape index (κ2) is 2.73. The third kappa shape index (κ3) is 0.959. The van der Waals surface area contributed by atoms with Crippen molar-refractivity contribution in [1.82, 2.24) is 4.90 Å². The van der Waals surface area contributed by atoms with Crippen molar-refractivity contribution in [1.29, 1.82) is 0 Å². The third-order valence-corrected chi connectivity index (χ3v) is 3.26. The van der Waals surface area contributed by atoms with Gasteiger partial charge in [-0.3, -0.25) is 4.79 Å². The zero-order valence-corrected chi connectivity index (χ0v) is 7.36. The van der Waals surface area contributed by atoms with E-state index in [2.05, 4.69) is 0 Å². The Hall–Kier alpha value is -0.570. The van der Waals surface area contributed by atoms with Gasteiger partial charge in [0.15, 0.2) is 0 Å². The van der Waals surface area contributed by atoms with Crippen LogP contribution in [0.1, 0.15) is 25.7 Å². The Morgan fingerprint density at radius 1 is 1.42 bits per heavy atom. The van der Waals surface area contributed by atoms with Crippen LogP contribution in [0.2, 0.25) is 0 Å². The van der Waals surface area contributed by atoms with E-state index in [0.29, 0.717) is 0 Å². The fourth-order valence-corrected chi connectivity index (χ4v) is 2.50. The van der Waals surface area contributed by atoms with Crippen LogP contribution in [0.3, 0.4) is 0 Å². The lowest BCUT2D eigenvalue weighted by Gasteiger charge is -2.24. The highest BCUT2D eigenvalue weighted by Crippen LogP contribution is 2.39. The van der Waals surface area contributed by atoms with Crippen LogP contribution in [0.4, 0.5) is 0 Å². The highest BCUT2D eigenvalue weighted by molar-refractivity contribution is 5.81. The summed E-state index contributed by atoms with van der Waals surface area (Å²) >= 11 is 0. The van der Waals surface area contributed by atoms with Crippen LogP contribution in [0.15, 0.2) is 0 Å². The number of amides is 1. The molecule has 0 aromatic carbocycles. The molecule has 3 atom stereocenters. The number of hydrogen-bond donors (Lipinski definition) is 1. The van der Waals surface area contributed by atoms with Crippen LogP contribution in [0.5, 0.6) is 0 Å². The summed E-state index contributed by atoms with van der Waals surface area (Å²) in [4.78, 5) is 13.0. The van der Waals surface area contributed by atoms with E-state index < -0.39 is 6.23 Å². The van der Waals surface area contributed by atoms with Gasteiger partial charge in [-0.1, -0.05) is 12.8 Å². The van der Waals surface area contributed by atoms with Crippen molar-refractivity contribution in [3.05, 3.63) is 0 Å². The first-order valence-corrected chi connectivity index (χ1v) is 4.66. The molecule has 12 heavy (non-hydrogen) atoms. The number of fused-ring (bicyclic) bond motifs is 1. The number of rotatable bonds is 0. The van der Waals surface area contributed by atoms with Gasteiger partial charge >= 0.3 is 0 Å². The summed E-state index contributed by atoms with van der Waals surface area (Å²) in [5, 5.41) is 9.67. The van der Waals surface area contributed by atoms with Crippen LogP contribution in [0, 0.1) is 11.8 Å². The second-order valence-electron chi connectivity index (χ2n) is 3.92. The predicted octanol–water partition coefficient (Wildman–Crippen LogP) is 0.583. The lowest BCUT2D eigenvalue weighted by molar-refractivity contribution is -0.133. The molecule has 0 aromatic rings. The van der Waals surface area contributed by atoms with E-state index in [4.69, 9.17) is 0 Å². The number of nitrogens with zero attached hydrogens (tertiary/aromatic N) is 1. The molecule has 0 spiro atoms. The maximum Gasteiger partial charge on any atom is 0.227 e. The SMILES string of the molecule is CN1C(=O)[C@@H]2CCCC[C@@H]2C1O. The van der Waals surface area contributed by atoms with E-state index in [1.165, 1.54) is 11.3 Å². The van der Waals surface area contributed by atoms with Gasteiger partial charge in [-0.2, -0.15) is 0 Å². The molecule has 1 unspecified atom stereocenters. The van der Waals surface area contributed by atoms with E-state index in [9.17, 15) is 9.90 Å². The molecule has 0 radical (unpaired) electrons. The molecule has 1 aliphatic heterocycles. The van der Waals surface area contributed by atoms with Crippen LogP contribution < -0.4 is 0 Å². The minimum Gasteiger partial charge on any atom is -0.373 e. The lowest BCUT2D eigenvalue weighted by atomic mass is 9.81. The highest BCUT2D eigenvalue weighted by Gasteiger charge is 2.45. The number of aliphatic hydroxyl groups excluding tert-OH is 1. The predicted molar refractivity (Wildman–Crippen MR) is 44.2 cm³/mol. The summed E-state index contributed by atoms with van der Waals surface area (Å²) < 4.78 is 0. The van der Waals surface area contributed by atoms with Crippen molar-refractivity contribution in [2.75, 3.05) is 7.05 Å². The van der Waals surface area contributed by atoms with Crippen LogP contribution in [0.25, 0.3) is 0 Å². The molecule has 68 valence electrons. The van der Waals surface area contributed by atoms with Gasteiger partial charge in [-0.25, -0.2) is 0 Å². The van der Waals surface area contributed by atoms with Gasteiger partial charge in [-0.05, 0) is 12.8 Å². The minimum absolute atomic E-state index is 0.124. The average Bonchev–Trinajstić information content (AvgIpc) is 2.33. The fourth-order valence-electron chi connectivity index (χ4n) is 2.50. The van der Waals surface area contributed by atoms with Crippen LogP contribution in [-0.2, 0) is 4.79 Å². The molecule has 1 heterocycles. The molecule has 1 saturated heterocycles. The smallest absolute Gasteiger partial charge is 0.227 e. The van der Waals surface area contributed by atoms with E-state index in [1.807, 2.05) is 0 Å². The topological polar surface area (TPSA) is 40.5 Å². The first kappa shape index (κ1) is 8.05. The summed E-state index contributed by atoms with van der Waals surface area (Å²) in [5.74, 6) is 0.488. The Bertz CT molecular complexity index is 205. The monoisotopic (exact) mass is 169 g/mol. The normalized spacial score (nSPS) is 41.7. The fraction of sp³-hybridized carbons (Fsp3) is 0.889. The second-order valence-corrected chi connectivity index (χ2v) is 3.92. The Morgan fingerprint density at radius 3 is 2.75 bits per heavy atom. The average molecular weight is 169 g/mol. The third-order valence-electron chi connectivity index (χ3n) is 3.26. The molecule has 2 rings (SSSR count). The van der Waals surface area contributed by atoms with E-state index >= 15 is 0 Å². The molecule has 1 amide bonds. The van der Waals surface area contributed by atoms with Crippen LogP contribution in [-0.4, -0.2) is 29.2 Å². The Labute approximate surface area is 72.4 Å². The molecule has 1 saturated carbocycles. The Balaban J connectivity index is 2.19. The zero-order chi connectivity index (χ0) is 8.72. The highest BCUT2D eigenvalue weighted by atomic mass is 16.3. The van der Waals surface area contributed by atoms with Gasteiger partial charge in [0, 0.05) is 18.9 Å². The van der Waals surface area contributed by atoms with Crippen molar-refractivity contribution in [2.24, 2.45) is 11.8 Å². The van der Waals surface area contributed by atoms with Crippen molar-refractivity contribution in [3.63, 3.8) is 0 Å². The maximum absolute atomic E-state index is 11.5. The lowest BCUT2D eigenvalue weighted by Crippen LogP contribution is -2.31. The molecule has 1 N–H and O–H groups in total. The van der Waals surface area contributed by atoms with Crippen molar-refractivity contribution in [2.45, 2.75) is 31.9 Å².